The maximum Gasteiger partial charge on any atom is 0.234 e. The molecule has 1 aromatic heterocycles. The Kier molecular flexibility index (Phi) is 7.42. The molecule has 0 bridgehead atoms. The van der Waals surface area contributed by atoms with E-state index in [1.54, 1.807) is 4.90 Å². The van der Waals surface area contributed by atoms with Gasteiger partial charge in [-0.25, -0.2) is 12.8 Å². The Morgan fingerprint density at radius 3 is 2.68 bits per heavy atom. The Bertz CT molecular complexity index is 929. The maximum atomic E-state index is 13.4. The van der Waals surface area contributed by atoms with Gasteiger partial charge in [0.05, 0.1) is 34.0 Å². The molecule has 14 heteroatoms. The van der Waals surface area contributed by atoms with Gasteiger partial charge in [0.2, 0.25) is 5.91 Å². The van der Waals surface area contributed by atoms with Crippen LogP contribution in [0.5, 0.6) is 0 Å². The third kappa shape index (κ3) is 5.47. The number of hydrogen-bond acceptors (Lipinski definition) is 10. The number of halogens is 2. The van der Waals surface area contributed by atoms with E-state index in [4.69, 9.17) is 17.3 Å². The van der Waals surface area contributed by atoms with Gasteiger partial charge in [0.15, 0.2) is 16.0 Å². The Balaban J connectivity index is 1.83. The minimum absolute atomic E-state index is 0.00233. The number of pyridine rings is 1. The van der Waals surface area contributed by atoms with Crippen molar-refractivity contribution in [2.75, 3.05) is 42.7 Å². The van der Waals surface area contributed by atoms with Gasteiger partial charge in [-0.1, -0.05) is 16.8 Å². The molecule has 3 atom stereocenters. The number of nitrogens with zero attached hydrogens (tertiary/aromatic N) is 3. The van der Waals surface area contributed by atoms with E-state index >= 15 is 0 Å². The number of carbonyl (C=O) groups is 1. The van der Waals surface area contributed by atoms with E-state index < -0.39 is 45.4 Å². The van der Waals surface area contributed by atoms with Crippen molar-refractivity contribution >= 4 is 38.7 Å². The molecule has 5 N–H and O–H groups in total. The highest BCUT2D eigenvalue weighted by molar-refractivity contribution is 7.91. The van der Waals surface area contributed by atoms with Crippen LogP contribution >= 0.6 is 11.6 Å². The van der Waals surface area contributed by atoms with Gasteiger partial charge in [-0.3, -0.25) is 20.4 Å². The first-order valence-electron chi connectivity index (χ1n) is 9.69. The molecule has 3 rings (SSSR count). The minimum atomic E-state index is -3.24. The molecular formula is C17H25ClFN7O4S. The van der Waals surface area contributed by atoms with Crippen LogP contribution in [0.4, 0.5) is 15.8 Å². The zero-order valence-electron chi connectivity index (χ0n) is 16.8. The molecular weight excluding hydrogens is 453 g/mol. The van der Waals surface area contributed by atoms with E-state index in [0.717, 1.165) is 0 Å². The molecule has 0 spiro atoms. The zero-order valence-corrected chi connectivity index (χ0v) is 18.4. The summed E-state index contributed by atoms with van der Waals surface area (Å²) in [6.07, 6.45) is 1.08. The highest BCUT2D eigenvalue weighted by Crippen LogP contribution is 2.36. The molecule has 0 aliphatic carbocycles. The van der Waals surface area contributed by atoms with Crippen LogP contribution in [0.3, 0.4) is 0 Å². The van der Waals surface area contributed by atoms with E-state index in [2.05, 4.69) is 26.1 Å². The molecule has 11 nitrogen and oxygen atoms in total. The molecule has 0 aromatic carbocycles. The average Bonchev–Trinajstić information content (AvgIpc) is 3.20. The summed E-state index contributed by atoms with van der Waals surface area (Å²) in [5, 5.41) is 10.8. The van der Waals surface area contributed by atoms with Crippen LogP contribution in [0.25, 0.3) is 0 Å². The van der Waals surface area contributed by atoms with Crippen LogP contribution in [0.15, 0.2) is 17.6 Å². The Labute approximate surface area is 184 Å². The van der Waals surface area contributed by atoms with Crippen LogP contribution in [-0.4, -0.2) is 75.5 Å². The second-order valence-electron chi connectivity index (χ2n) is 7.71. The van der Waals surface area contributed by atoms with Crippen LogP contribution < -0.4 is 26.6 Å². The number of aromatic nitrogens is 1. The number of rotatable bonds is 7. The Morgan fingerprint density at radius 1 is 1.42 bits per heavy atom. The monoisotopic (exact) mass is 477 g/mol. The van der Waals surface area contributed by atoms with Gasteiger partial charge in [-0.15, -0.1) is 4.91 Å². The van der Waals surface area contributed by atoms with Crippen LogP contribution in [0.1, 0.15) is 6.42 Å². The fourth-order valence-corrected chi connectivity index (χ4v) is 5.08. The standard InChI is InChI=1S/C17H25ClFN7O4S/c1-31(29,30)10-2-3-26(8-10)14-11(18)6-21-7-12(14)24-17(27)13(15(20)25-28)16-22-4-9(19)5-23-16/h6-7,9-10,13,15-16,22-23H,2-5,8,20H2,1H3,(H,24,27). The van der Waals surface area contributed by atoms with Crippen molar-refractivity contribution in [3.8, 4) is 0 Å². The van der Waals surface area contributed by atoms with Crippen molar-refractivity contribution in [3.05, 3.63) is 22.3 Å². The predicted octanol–water partition coefficient (Wildman–Crippen LogP) is -0.179. The summed E-state index contributed by atoms with van der Waals surface area (Å²) in [6.45, 7) is 0.635. The summed E-state index contributed by atoms with van der Waals surface area (Å²) in [5.41, 5.74) is 6.43. The summed E-state index contributed by atoms with van der Waals surface area (Å²) < 4.78 is 37.3. The molecule has 3 heterocycles. The third-order valence-electron chi connectivity index (χ3n) is 5.47. The molecule has 2 fully saturated rings. The molecule has 1 amide bonds. The lowest BCUT2D eigenvalue weighted by atomic mass is 9.99. The summed E-state index contributed by atoms with van der Waals surface area (Å²) >= 11 is 6.32. The molecule has 0 saturated carbocycles. The SMILES string of the molecule is CS(=O)(=O)C1CCN(c2c(Cl)cncc2NC(=O)C(C(N)N=O)C2NCC(F)CN2)C1. The topological polar surface area (TPSA) is 159 Å². The number of anilines is 2. The smallest absolute Gasteiger partial charge is 0.234 e. The number of nitroso groups, excluding NO2 is 1. The summed E-state index contributed by atoms with van der Waals surface area (Å²) in [4.78, 5) is 29.9. The van der Waals surface area contributed by atoms with Crippen molar-refractivity contribution in [1.29, 1.82) is 0 Å². The highest BCUT2D eigenvalue weighted by atomic mass is 35.5. The zero-order chi connectivity index (χ0) is 22.8. The van der Waals surface area contributed by atoms with Crippen LogP contribution in [0, 0.1) is 10.8 Å². The summed E-state index contributed by atoms with van der Waals surface area (Å²) in [5.74, 6) is -1.78. The van der Waals surface area contributed by atoms with Crippen LogP contribution in [0.2, 0.25) is 5.02 Å². The van der Waals surface area contributed by atoms with Gasteiger partial charge < -0.3 is 16.0 Å². The fourth-order valence-electron chi connectivity index (χ4n) is 3.82. The molecule has 2 saturated heterocycles. The van der Waals surface area contributed by atoms with Crippen LogP contribution in [-0.2, 0) is 14.6 Å². The second-order valence-corrected chi connectivity index (χ2v) is 10.4. The maximum absolute atomic E-state index is 13.4. The van der Waals surface area contributed by atoms with Crippen molar-refractivity contribution < 1.29 is 17.6 Å². The predicted molar refractivity (Wildman–Crippen MR) is 115 cm³/mol. The Morgan fingerprint density at radius 2 is 2.10 bits per heavy atom. The lowest BCUT2D eigenvalue weighted by Gasteiger charge is -2.34. The molecule has 1 aromatic rings. The fraction of sp³-hybridized carbons (Fsp3) is 0.647. The highest BCUT2D eigenvalue weighted by Gasteiger charge is 2.38. The third-order valence-corrected chi connectivity index (χ3v) is 7.34. The van der Waals surface area contributed by atoms with Gasteiger partial charge >= 0.3 is 0 Å². The Hall–Kier alpha value is -1.93. The average molecular weight is 478 g/mol. The van der Waals surface area contributed by atoms with Crippen molar-refractivity contribution in [1.82, 2.24) is 15.6 Å². The van der Waals surface area contributed by atoms with E-state index in [9.17, 15) is 22.5 Å². The largest absolute Gasteiger partial charge is 0.367 e. The number of nitrogens with two attached hydrogens (primary N) is 1. The second kappa shape index (κ2) is 9.69. The molecule has 2 aliphatic rings. The van der Waals surface area contributed by atoms with Gasteiger partial charge in [-0.05, 0) is 6.42 Å². The van der Waals surface area contributed by atoms with E-state index in [1.807, 2.05) is 0 Å². The first kappa shape index (κ1) is 23.7. The molecule has 31 heavy (non-hydrogen) atoms. The van der Waals surface area contributed by atoms with Crippen molar-refractivity contribution in [3.63, 3.8) is 0 Å². The number of amides is 1. The summed E-state index contributed by atoms with van der Waals surface area (Å²) in [6, 6.07) is 0. The number of nitrogens with one attached hydrogen (secondary N) is 3. The lowest BCUT2D eigenvalue weighted by molar-refractivity contribution is -0.122. The normalized spacial score (nSPS) is 26.3. The van der Waals surface area contributed by atoms with Gasteiger partial charge in [0, 0.05) is 38.6 Å². The van der Waals surface area contributed by atoms with Gasteiger partial charge in [0.25, 0.3) is 0 Å². The van der Waals surface area contributed by atoms with Gasteiger partial charge in [-0.2, -0.15) is 0 Å². The first-order chi connectivity index (χ1) is 14.6. The van der Waals surface area contributed by atoms with E-state index in [0.29, 0.717) is 18.7 Å². The summed E-state index contributed by atoms with van der Waals surface area (Å²) in [7, 11) is -3.24. The number of sulfone groups is 1. The molecule has 0 radical (unpaired) electrons. The van der Waals surface area contributed by atoms with Crippen molar-refractivity contribution in [2.45, 2.75) is 30.2 Å². The number of alkyl halides is 1. The minimum Gasteiger partial charge on any atom is -0.367 e. The molecule has 2 aliphatic heterocycles. The first-order valence-corrected chi connectivity index (χ1v) is 12.0. The van der Waals surface area contributed by atoms with Crippen molar-refractivity contribution in [2.24, 2.45) is 16.8 Å². The molecule has 172 valence electrons. The van der Waals surface area contributed by atoms with E-state index in [1.165, 1.54) is 18.6 Å². The van der Waals surface area contributed by atoms with E-state index in [-0.39, 0.29) is 30.3 Å². The quantitative estimate of drug-likeness (QED) is 0.391. The van der Waals surface area contributed by atoms with Gasteiger partial charge in [0.1, 0.15) is 12.1 Å². The lowest BCUT2D eigenvalue weighted by Crippen LogP contribution is -2.62. The molecule has 3 unspecified atom stereocenters. The number of hydrogen-bond donors (Lipinski definition) is 4. The number of carbonyl (C=O) groups excluding carboxylic acids is 1.